The van der Waals surface area contributed by atoms with E-state index in [-0.39, 0.29) is 12.1 Å². The van der Waals surface area contributed by atoms with Crippen molar-refractivity contribution in [1.29, 1.82) is 0 Å². The first-order valence-corrected chi connectivity index (χ1v) is 8.26. The summed E-state index contributed by atoms with van der Waals surface area (Å²) in [6.45, 7) is 2.69. The van der Waals surface area contributed by atoms with Crippen LogP contribution in [0.25, 0.3) is 0 Å². The smallest absolute Gasteiger partial charge is 0.322 e. The lowest BCUT2D eigenvalue weighted by molar-refractivity contribution is 0.242. The lowest BCUT2D eigenvalue weighted by Crippen LogP contribution is -2.41. The van der Waals surface area contributed by atoms with Crippen molar-refractivity contribution in [3.8, 4) is 0 Å². The van der Waals surface area contributed by atoms with Gasteiger partial charge < -0.3 is 9.84 Å². The van der Waals surface area contributed by atoms with Crippen molar-refractivity contribution in [1.82, 2.24) is 15.5 Å². The topological polar surface area (TPSA) is 71.3 Å². The Balaban J connectivity index is 1.65. The maximum atomic E-state index is 12.6. The Hall–Kier alpha value is -2.37. The van der Waals surface area contributed by atoms with Crippen LogP contribution in [0.3, 0.4) is 0 Å². The number of carbonyl (C=O) groups is 1. The van der Waals surface area contributed by atoms with Gasteiger partial charge in [0.2, 0.25) is 5.89 Å². The maximum Gasteiger partial charge on any atom is 0.322 e. The molecule has 0 spiro atoms. The van der Waals surface area contributed by atoms with Crippen LogP contribution in [-0.2, 0) is 6.42 Å². The molecule has 1 fully saturated rings. The predicted octanol–water partition coefficient (Wildman–Crippen LogP) is 3.17. The Morgan fingerprint density at radius 1 is 1.39 bits per heavy atom. The fraction of sp³-hybridized carbons (Fsp3) is 0.471. The molecule has 0 radical (unpaired) electrons. The number of urea groups is 1. The van der Waals surface area contributed by atoms with E-state index in [4.69, 9.17) is 4.52 Å². The van der Waals surface area contributed by atoms with E-state index in [9.17, 15) is 4.79 Å². The normalized spacial score (nSPS) is 19.7. The number of carbonyl (C=O) groups excluding carboxylic acids is 1. The summed E-state index contributed by atoms with van der Waals surface area (Å²) in [7, 11) is 0. The third-order valence-corrected chi connectivity index (χ3v) is 4.41. The molecule has 0 saturated heterocycles. The molecule has 4 rings (SSSR count). The lowest BCUT2D eigenvalue weighted by Gasteiger charge is -2.23. The summed E-state index contributed by atoms with van der Waals surface area (Å²) < 4.78 is 5.48. The number of nitrogens with one attached hydrogen (secondary N) is 1. The van der Waals surface area contributed by atoms with Gasteiger partial charge in [-0.05, 0) is 30.9 Å². The highest BCUT2D eigenvalue weighted by molar-refractivity contribution is 5.95. The third kappa shape index (κ3) is 2.58. The van der Waals surface area contributed by atoms with Gasteiger partial charge in [-0.2, -0.15) is 4.98 Å². The Bertz CT molecular complexity index is 723. The molecule has 2 heterocycles. The molecular weight excluding hydrogens is 292 g/mol. The summed E-state index contributed by atoms with van der Waals surface area (Å²) in [5.74, 6) is 1.76. The molecule has 1 aromatic heterocycles. The van der Waals surface area contributed by atoms with Gasteiger partial charge in [-0.25, -0.2) is 4.79 Å². The van der Waals surface area contributed by atoms with Crippen molar-refractivity contribution < 1.29 is 9.32 Å². The minimum absolute atomic E-state index is 0.104. The maximum absolute atomic E-state index is 12.6. The minimum Gasteiger partial charge on any atom is -0.338 e. The van der Waals surface area contributed by atoms with Gasteiger partial charge in [-0.15, -0.1) is 0 Å². The monoisotopic (exact) mass is 312 g/mol. The summed E-state index contributed by atoms with van der Waals surface area (Å²) in [6, 6.07) is 7.64. The van der Waals surface area contributed by atoms with Crippen LogP contribution in [0.2, 0.25) is 0 Å². The molecule has 0 bridgehead atoms. The highest BCUT2D eigenvalue weighted by atomic mass is 16.5. The van der Waals surface area contributed by atoms with Crippen LogP contribution in [0.1, 0.15) is 55.4 Å². The van der Waals surface area contributed by atoms with E-state index in [1.807, 2.05) is 31.2 Å². The second-order valence-corrected chi connectivity index (χ2v) is 6.22. The van der Waals surface area contributed by atoms with Crippen LogP contribution in [-0.4, -0.2) is 22.7 Å². The Labute approximate surface area is 134 Å². The molecule has 2 aliphatic rings. The average Bonchev–Trinajstić information content (AvgIpc) is 3.17. The number of amides is 2. The summed E-state index contributed by atoms with van der Waals surface area (Å²) in [5.41, 5.74) is 2.06. The second-order valence-electron chi connectivity index (χ2n) is 6.22. The SMILES string of the molecule is CCCNC(=O)N1c2ccccc2CC1c1nc(C2CC2)no1. The number of rotatable bonds is 4. The van der Waals surface area contributed by atoms with Crippen LogP contribution >= 0.6 is 0 Å². The van der Waals surface area contributed by atoms with Crippen molar-refractivity contribution in [3.05, 3.63) is 41.5 Å². The van der Waals surface area contributed by atoms with E-state index in [0.717, 1.165) is 36.3 Å². The van der Waals surface area contributed by atoms with Gasteiger partial charge in [0.05, 0.1) is 0 Å². The lowest BCUT2D eigenvalue weighted by atomic mass is 10.1. The zero-order valence-corrected chi connectivity index (χ0v) is 13.2. The number of hydrogen-bond acceptors (Lipinski definition) is 4. The molecule has 1 atom stereocenters. The van der Waals surface area contributed by atoms with Crippen LogP contribution in [0.5, 0.6) is 0 Å². The molecule has 23 heavy (non-hydrogen) atoms. The third-order valence-electron chi connectivity index (χ3n) is 4.41. The fourth-order valence-corrected chi connectivity index (χ4v) is 3.04. The molecule has 1 saturated carbocycles. The zero-order chi connectivity index (χ0) is 15.8. The summed E-state index contributed by atoms with van der Waals surface area (Å²) >= 11 is 0. The van der Waals surface area contributed by atoms with Crippen molar-refractivity contribution in [2.45, 2.75) is 44.6 Å². The molecule has 1 unspecified atom stereocenters. The average molecular weight is 312 g/mol. The molecule has 6 heteroatoms. The second kappa shape index (κ2) is 5.68. The van der Waals surface area contributed by atoms with E-state index in [1.165, 1.54) is 0 Å². The predicted molar refractivity (Wildman–Crippen MR) is 85.3 cm³/mol. The highest BCUT2D eigenvalue weighted by Gasteiger charge is 2.39. The molecule has 1 aromatic carbocycles. The van der Waals surface area contributed by atoms with E-state index in [2.05, 4.69) is 15.5 Å². The van der Waals surface area contributed by atoms with Crippen LogP contribution in [0.15, 0.2) is 28.8 Å². The number of aromatic nitrogens is 2. The zero-order valence-electron chi connectivity index (χ0n) is 13.2. The van der Waals surface area contributed by atoms with E-state index in [1.54, 1.807) is 4.90 Å². The van der Waals surface area contributed by atoms with E-state index >= 15 is 0 Å². The van der Waals surface area contributed by atoms with Gasteiger partial charge in [0.15, 0.2) is 5.82 Å². The number of hydrogen-bond donors (Lipinski definition) is 1. The number of anilines is 1. The Morgan fingerprint density at radius 3 is 3.00 bits per heavy atom. The number of para-hydroxylation sites is 1. The summed E-state index contributed by atoms with van der Waals surface area (Å²) in [6.07, 6.45) is 3.87. The number of benzene rings is 1. The number of nitrogens with zero attached hydrogens (tertiary/aromatic N) is 3. The quantitative estimate of drug-likeness (QED) is 0.941. The van der Waals surface area contributed by atoms with Gasteiger partial charge >= 0.3 is 6.03 Å². The molecule has 1 N–H and O–H groups in total. The molecule has 1 aliphatic heterocycles. The Kier molecular flexibility index (Phi) is 3.52. The van der Waals surface area contributed by atoms with Crippen molar-refractivity contribution in [2.75, 3.05) is 11.4 Å². The highest BCUT2D eigenvalue weighted by Crippen LogP contribution is 2.42. The first-order valence-electron chi connectivity index (χ1n) is 8.26. The van der Waals surface area contributed by atoms with Gasteiger partial charge in [0.25, 0.3) is 0 Å². The largest absolute Gasteiger partial charge is 0.338 e. The molecule has 120 valence electrons. The van der Waals surface area contributed by atoms with Crippen molar-refractivity contribution in [3.63, 3.8) is 0 Å². The van der Waals surface area contributed by atoms with Crippen LogP contribution in [0.4, 0.5) is 10.5 Å². The van der Waals surface area contributed by atoms with Gasteiger partial charge in [-0.1, -0.05) is 30.3 Å². The standard InChI is InChI=1S/C17H20N4O2/c1-2-9-18-17(22)21-13-6-4-3-5-12(13)10-14(21)16-19-15(20-23-16)11-7-8-11/h3-6,11,14H,2,7-10H2,1H3,(H,18,22). The van der Waals surface area contributed by atoms with Gasteiger partial charge in [-0.3, -0.25) is 4.90 Å². The van der Waals surface area contributed by atoms with Crippen LogP contribution < -0.4 is 10.2 Å². The Morgan fingerprint density at radius 2 is 2.22 bits per heavy atom. The number of fused-ring (bicyclic) bond motifs is 1. The van der Waals surface area contributed by atoms with Crippen molar-refractivity contribution in [2.24, 2.45) is 0 Å². The molecule has 2 amide bonds. The summed E-state index contributed by atoms with van der Waals surface area (Å²) in [4.78, 5) is 18.9. The first kappa shape index (κ1) is 14.2. The van der Waals surface area contributed by atoms with Crippen LogP contribution in [0, 0.1) is 0 Å². The first-order chi connectivity index (χ1) is 11.3. The minimum atomic E-state index is -0.218. The van der Waals surface area contributed by atoms with Gasteiger partial charge in [0.1, 0.15) is 6.04 Å². The van der Waals surface area contributed by atoms with Crippen molar-refractivity contribution >= 4 is 11.7 Å². The van der Waals surface area contributed by atoms with E-state index < -0.39 is 0 Å². The molecule has 1 aliphatic carbocycles. The van der Waals surface area contributed by atoms with Gasteiger partial charge in [0, 0.05) is 24.6 Å². The molecule has 6 nitrogen and oxygen atoms in total. The molecular formula is C17H20N4O2. The van der Waals surface area contributed by atoms with E-state index in [0.29, 0.717) is 24.8 Å². The fourth-order valence-electron chi connectivity index (χ4n) is 3.04. The molecule has 2 aromatic rings. The summed E-state index contributed by atoms with van der Waals surface area (Å²) in [5, 5.41) is 7.05.